The van der Waals surface area contributed by atoms with Crippen molar-refractivity contribution >= 4 is 5.95 Å². The van der Waals surface area contributed by atoms with Gasteiger partial charge in [-0.05, 0) is 98.4 Å². The monoisotopic (exact) mass is 355 g/mol. The topological polar surface area (TPSA) is 72.0 Å². The lowest BCUT2D eigenvalue weighted by molar-refractivity contribution is -0.139. The summed E-state index contributed by atoms with van der Waals surface area (Å²) < 4.78 is 0. The van der Waals surface area contributed by atoms with Gasteiger partial charge in [-0.3, -0.25) is 0 Å². The van der Waals surface area contributed by atoms with Crippen molar-refractivity contribution in [3.8, 4) is 0 Å². The molecule has 0 saturated heterocycles. The molecule has 4 aliphatic carbocycles. The Morgan fingerprint density at radius 2 is 1.85 bits per heavy atom. The number of nitrogens with zero attached hydrogens (tertiary/aromatic N) is 2. The lowest BCUT2D eigenvalue weighted by Crippen LogP contribution is -2.56. The first-order valence-electron chi connectivity index (χ1n) is 10.6. The van der Waals surface area contributed by atoms with Gasteiger partial charge >= 0.3 is 0 Å². The second-order valence-electron chi connectivity index (χ2n) is 10.5. The van der Waals surface area contributed by atoms with Crippen molar-refractivity contribution in [2.45, 2.75) is 77.7 Å². The van der Waals surface area contributed by atoms with Crippen LogP contribution in [0.4, 0.5) is 5.95 Å². The molecule has 0 aliphatic heterocycles. The fourth-order valence-corrected chi connectivity index (χ4v) is 7.81. The summed E-state index contributed by atoms with van der Waals surface area (Å²) in [5.74, 6) is 3.39. The Labute approximate surface area is 157 Å². The molecule has 4 aliphatic rings. The highest BCUT2D eigenvalue weighted by molar-refractivity contribution is 5.30. The maximum atomic E-state index is 11.1. The highest BCUT2D eigenvalue weighted by Crippen LogP contribution is 2.67. The molecular formula is C22H33N3O. The van der Waals surface area contributed by atoms with Gasteiger partial charge in [-0.15, -0.1) is 0 Å². The number of aromatic nitrogens is 2. The minimum Gasteiger partial charge on any atom is -0.390 e. The highest BCUT2D eigenvalue weighted by atomic mass is 16.3. The molecular weight excluding hydrogens is 322 g/mol. The Morgan fingerprint density at radius 3 is 2.65 bits per heavy atom. The SMILES string of the molecule is CC12Cc3cnc(N)nc3CC1CCC1C2CCC2(C)C1CCC2(C)O. The first kappa shape index (κ1) is 17.0. The number of fused-ring (bicyclic) bond motifs is 6. The summed E-state index contributed by atoms with van der Waals surface area (Å²) in [6.07, 6.45) is 11.4. The largest absolute Gasteiger partial charge is 0.390 e. The summed E-state index contributed by atoms with van der Waals surface area (Å²) in [6.45, 7) is 7.02. The Bertz CT molecular complexity index is 747. The summed E-state index contributed by atoms with van der Waals surface area (Å²) in [5, 5.41) is 11.1. The molecule has 0 radical (unpaired) electrons. The fraction of sp³-hybridized carbons (Fsp3) is 0.818. The Balaban J connectivity index is 1.50. The van der Waals surface area contributed by atoms with Crippen LogP contribution in [-0.2, 0) is 12.8 Å². The van der Waals surface area contributed by atoms with E-state index in [4.69, 9.17) is 5.73 Å². The molecule has 0 aromatic carbocycles. The van der Waals surface area contributed by atoms with Crippen LogP contribution in [-0.4, -0.2) is 20.7 Å². The van der Waals surface area contributed by atoms with Crippen LogP contribution in [0.2, 0.25) is 0 Å². The molecule has 0 bridgehead atoms. The third-order valence-electron chi connectivity index (χ3n) is 9.61. The van der Waals surface area contributed by atoms with Crippen molar-refractivity contribution in [1.29, 1.82) is 0 Å². The van der Waals surface area contributed by atoms with E-state index in [0.717, 1.165) is 37.0 Å². The predicted molar refractivity (Wildman–Crippen MR) is 102 cm³/mol. The number of aliphatic hydroxyl groups is 1. The maximum Gasteiger partial charge on any atom is 0.220 e. The van der Waals surface area contributed by atoms with E-state index in [2.05, 4.69) is 30.7 Å². The number of nitrogen functional groups attached to an aromatic ring is 1. The van der Waals surface area contributed by atoms with Crippen molar-refractivity contribution in [1.82, 2.24) is 9.97 Å². The Morgan fingerprint density at radius 1 is 1.08 bits per heavy atom. The molecule has 3 saturated carbocycles. The molecule has 4 heteroatoms. The fourth-order valence-electron chi connectivity index (χ4n) is 7.81. The average Bonchev–Trinajstić information content (AvgIpc) is 2.83. The first-order chi connectivity index (χ1) is 12.2. The smallest absolute Gasteiger partial charge is 0.220 e. The van der Waals surface area contributed by atoms with Gasteiger partial charge in [0.2, 0.25) is 5.95 Å². The van der Waals surface area contributed by atoms with Gasteiger partial charge < -0.3 is 10.8 Å². The van der Waals surface area contributed by atoms with E-state index in [1.165, 1.54) is 43.4 Å². The molecule has 142 valence electrons. The summed E-state index contributed by atoms with van der Waals surface area (Å²) in [5.41, 5.74) is 8.35. The summed E-state index contributed by atoms with van der Waals surface area (Å²) in [7, 11) is 0. The zero-order chi connectivity index (χ0) is 18.3. The minimum atomic E-state index is -0.481. The molecule has 3 fully saturated rings. The van der Waals surface area contributed by atoms with Gasteiger partial charge in [0, 0.05) is 11.9 Å². The number of anilines is 1. The standard InChI is InChI=1S/C22H33N3O/c1-20-11-13-12-24-19(23)25-18(13)10-14(20)4-5-15-16(20)6-8-21(2)17(15)7-9-22(21,3)26/h12,14-17,26H,4-11H2,1-3H3,(H2,23,24,25). The van der Waals surface area contributed by atoms with Gasteiger partial charge in [-0.25, -0.2) is 9.97 Å². The van der Waals surface area contributed by atoms with Gasteiger partial charge in [0.1, 0.15) is 0 Å². The highest BCUT2D eigenvalue weighted by Gasteiger charge is 2.63. The van der Waals surface area contributed by atoms with Crippen molar-refractivity contribution in [3.05, 3.63) is 17.5 Å². The van der Waals surface area contributed by atoms with Gasteiger partial charge in [-0.1, -0.05) is 13.8 Å². The summed E-state index contributed by atoms with van der Waals surface area (Å²) in [4.78, 5) is 8.84. The van der Waals surface area contributed by atoms with Crippen LogP contribution < -0.4 is 5.73 Å². The Kier molecular flexibility index (Phi) is 3.40. The lowest BCUT2D eigenvalue weighted by atomic mass is 9.44. The van der Waals surface area contributed by atoms with Crippen molar-refractivity contribution in [2.24, 2.45) is 34.5 Å². The van der Waals surface area contributed by atoms with Gasteiger partial charge in [0.05, 0.1) is 5.60 Å². The number of hydrogen-bond acceptors (Lipinski definition) is 4. The van der Waals surface area contributed by atoms with Crippen LogP contribution in [0.3, 0.4) is 0 Å². The lowest BCUT2D eigenvalue weighted by Gasteiger charge is -2.61. The molecule has 4 nitrogen and oxygen atoms in total. The van der Waals surface area contributed by atoms with Crippen molar-refractivity contribution in [2.75, 3.05) is 5.73 Å². The average molecular weight is 356 g/mol. The van der Waals surface area contributed by atoms with E-state index >= 15 is 0 Å². The van der Waals surface area contributed by atoms with Crippen LogP contribution in [0.1, 0.15) is 70.6 Å². The molecule has 5 rings (SSSR count). The molecule has 7 unspecified atom stereocenters. The molecule has 26 heavy (non-hydrogen) atoms. The molecule has 0 amide bonds. The maximum absolute atomic E-state index is 11.1. The van der Waals surface area contributed by atoms with Crippen LogP contribution in [0.5, 0.6) is 0 Å². The first-order valence-corrected chi connectivity index (χ1v) is 10.6. The third-order valence-corrected chi connectivity index (χ3v) is 9.61. The van der Waals surface area contributed by atoms with E-state index in [1.807, 2.05) is 6.20 Å². The van der Waals surface area contributed by atoms with E-state index in [0.29, 0.717) is 17.3 Å². The molecule has 3 N–H and O–H groups in total. The normalized spacial score (nSPS) is 49.7. The van der Waals surface area contributed by atoms with Crippen LogP contribution >= 0.6 is 0 Å². The number of rotatable bonds is 0. The predicted octanol–water partition coefficient (Wildman–Crippen LogP) is 3.77. The van der Waals surface area contributed by atoms with Crippen LogP contribution in [0, 0.1) is 34.5 Å². The van der Waals surface area contributed by atoms with E-state index in [-0.39, 0.29) is 5.41 Å². The van der Waals surface area contributed by atoms with Gasteiger partial charge in [0.25, 0.3) is 0 Å². The zero-order valence-corrected chi connectivity index (χ0v) is 16.5. The van der Waals surface area contributed by atoms with E-state index < -0.39 is 5.60 Å². The van der Waals surface area contributed by atoms with Gasteiger partial charge in [-0.2, -0.15) is 0 Å². The van der Waals surface area contributed by atoms with Crippen molar-refractivity contribution in [3.63, 3.8) is 0 Å². The third kappa shape index (κ3) is 2.05. The minimum absolute atomic E-state index is 0.113. The Hall–Kier alpha value is -1.16. The molecule has 0 spiro atoms. The molecule has 1 heterocycles. The number of nitrogens with two attached hydrogens (primary N) is 1. The summed E-state index contributed by atoms with van der Waals surface area (Å²) in [6, 6.07) is 0. The van der Waals surface area contributed by atoms with Crippen LogP contribution in [0.25, 0.3) is 0 Å². The van der Waals surface area contributed by atoms with Gasteiger partial charge in [0.15, 0.2) is 0 Å². The van der Waals surface area contributed by atoms with Crippen LogP contribution in [0.15, 0.2) is 6.20 Å². The zero-order valence-electron chi connectivity index (χ0n) is 16.5. The second-order valence-corrected chi connectivity index (χ2v) is 10.5. The number of hydrogen-bond donors (Lipinski definition) is 2. The second kappa shape index (κ2) is 5.21. The van der Waals surface area contributed by atoms with E-state index in [9.17, 15) is 5.11 Å². The molecule has 7 atom stereocenters. The summed E-state index contributed by atoms with van der Waals surface area (Å²) >= 11 is 0. The van der Waals surface area contributed by atoms with Crippen molar-refractivity contribution < 1.29 is 5.11 Å². The van der Waals surface area contributed by atoms with E-state index in [1.54, 1.807) is 0 Å². The molecule has 1 aromatic rings. The molecule has 1 aromatic heterocycles. The quantitative estimate of drug-likeness (QED) is 0.743.